The highest BCUT2D eigenvalue weighted by atomic mass is 16.5. The predicted octanol–water partition coefficient (Wildman–Crippen LogP) is 1.86. The maximum Gasteiger partial charge on any atom is 0.326 e. The number of aromatic nitrogens is 1. The molecule has 130 valence electrons. The minimum Gasteiger partial charge on any atom is -0.480 e. The van der Waals surface area contributed by atoms with E-state index in [0.717, 1.165) is 5.56 Å². The Bertz CT molecular complexity index is 794. The van der Waals surface area contributed by atoms with Crippen molar-refractivity contribution in [1.29, 1.82) is 0 Å². The number of amides is 1. The van der Waals surface area contributed by atoms with E-state index < -0.39 is 24.0 Å². The van der Waals surface area contributed by atoms with Crippen LogP contribution in [0.4, 0.5) is 11.6 Å². The van der Waals surface area contributed by atoms with Crippen molar-refractivity contribution in [1.82, 2.24) is 4.98 Å². The molecule has 25 heavy (non-hydrogen) atoms. The fraction of sp³-hybridized carbons (Fsp3) is 0.278. The van der Waals surface area contributed by atoms with Gasteiger partial charge in [-0.1, -0.05) is 30.3 Å². The number of benzene rings is 1. The molecule has 1 amide bonds. The van der Waals surface area contributed by atoms with Gasteiger partial charge in [0.05, 0.1) is 0 Å². The third-order valence-electron chi connectivity index (χ3n) is 4.12. The zero-order valence-electron chi connectivity index (χ0n) is 13.8. The molecule has 0 radical (unpaired) electrons. The second kappa shape index (κ2) is 6.80. The zero-order chi connectivity index (χ0) is 18.0. The first-order valence-corrected chi connectivity index (χ1v) is 8.00. The van der Waals surface area contributed by atoms with E-state index in [1.165, 1.54) is 4.90 Å². The van der Waals surface area contributed by atoms with Crippen molar-refractivity contribution in [2.24, 2.45) is 0 Å². The van der Waals surface area contributed by atoms with Gasteiger partial charge in [0.2, 0.25) is 0 Å². The molecule has 1 aromatic carbocycles. The van der Waals surface area contributed by atoms with E-state index in [1.54, 1.807) is 19.1 Å². The molecule has 1 aliphatic rings. The Balaban J connectivity index is 1.93. The van der Waals surface area contributed by atoms with Gasteiger partial charge in [0.15, 0.2) is 17.7 Å². The number of hydrogen-bond acceptors (Lipinski definition) is 5. The maximum absolute atomic E-state index is 12.6. The van der Waals surface area contributed by atoms with E-state index in [0.29, 0.717) is 12.2 Å². The number of rotatable bonds is 5. The van der Waals surface area contributed by atoms with Gasteiger partial charge in [-0.3, -0.25) is 9.69 Å². The summed E-state index contributed by atoms with van der Waals surface area (Å²) in [5.74, 6) is -0.822. The van der Waals surface area contributed by atoms with Gasteiger partial charge in [-0.15, -0.1) is 0 Å². The largest absolute Gasteiger partial charge is 0.480 e. The molecule has 2 atom stereocenters. The van der Waals surface area contributed by atoms with Crippen LogP contribution in [0.15, 0.2) is 42.5 Å². The van der Waals surface area contributed by atoms with Gasteiger partial charge in [0.25, 0.3) is 5.91 Å². The van der Waals surface area contributed by atoms with Crippen LogP contribution in [0.3, 0.4) is 0 Å². The Morgan fingerprint density at radius 2 is 2.04 bits per heavy atom. The average molecular weight is 341 g/mol. The number of carboxylic acids is 1. The van der Waals surface area contributed by atoms with Gasteiger partial charge in [-0.2, -0.15) is 0 Å². The second-order valence-electron chi connectivity index (χ2n) is 5.90. The molecule has 1 aliphatic heterocycles. The van der Waals surface area contributed by atoms with Gasteiger partial charge < -0.3 is 15.6 Å². The number of nitrogens with two attached hydrogens (primary N) is 1. The van der Waals surface area contributed by atoms with E-state index in [-0.39, 0.29) is 18.1 Å². The molecule has 7 heteroatoms. The van der Waals surface area contributed by atoms with Crippen molar-refractivity contribution >= 4 is 23.5 Å². The minimum atomic E-state index is -1.09. The van der Waals surface area contributed by atoms with Crippen molar-refractivity contribution in [2.75, 3.05) is 10.6 Å². The summed E-state index contributed by atoms with van der Waals surface area (Å²) >= 11 is 0. The lowest BCUT2D eigenvalue weighted by atomic mass is 10.0. The Morgan fingerprint density at radius 1 is 1.32 bits per heavy atom. The number of carbonyl (C=O) groups excluding carboxylic acids is 1. The van der Waals surface area contributed by atoms with Gasteiger partial charge in [0, 0.05) is 0 Å². The number of nitrogen functional groups attached to an aromatic ring is 1. The molecule has 3 N–H and O–H groups in total. The lowest BCUT2D eigenvalue weighted by molar-refractivity contribution is -0.141. The highest BCUT2D eigenvalue weighted by Crippen LogP contribution is 2.35. The van der Waals surface area contributed by atoms with Gasteiger partial charge in [-0.05, 0) is 37.5 Å². The van der Waals surface area contributed by atoms with Crippen molar-refractivity contribution < 1.29 is 19.4 Å². The predicted molar refractivity (Wildman–Crippen MR) is 92.4 cm³/mol. The molecular weight excluding hydrogens is 322 g/mol. The SMILES string of the molecule is CC1Oc2ccc(N)nc2N(C(CCc2ccccc2)C(=O)O)C1=O. The Labute approximate surface area is 145 Å². The Morgan fingerprint density at radius 3 is 2.72 bits per heavy atom. The van der Waals surface area contributed by atoms with Crippen molar-refractivity contribution in [2.45, 2.75) is 31.9 Å². The second-order valence-corrected chi connectivity index (χ2v) is 5.90. The smallest absolute Gasteiger partial charge is 0.326 e. The molecular formula is C18H19N3O4. The van der Waals surface area contributed by atoms with Crippen molar-refractivity contribution in [3.05, 3.63) is 48.0 Å². The fourth-order valence-corrected chi connectivity index (χ4v) is 2.87. The lowest BCUT2D eigenvalue weighted by Gasteiger charge is -2.35. The number of fused-ring (bicyclic) bond motifs is 1. The van der Waals surface area contributed by atoms with Crippen LogP contribution in [-0.2, 0) is 16.0 Å². The molecule has 0 fully saturated rings. The highest BCUT2D eigenvalue weighted by Gasteiger charge is 2.40. The van der Waals surface area contributed by atoms with Crippen LogP contribution in [0, 0.1) is 0 Å². The molecule has 0 bridgehead atoms. The van der Waals surface area contributed by atoms with E-state index in [4.69, 9.17) is 10.5 Å². The zero-order valence-corrected chi connectivity index (χ0v) is 13.8. The average Bonchev–Trinajstić information content (AvgIpc) is 2.59. The number of carbonyl (C=O) groups is 2. The van der Waals surface area contributed by atoms with E-state index >= 15 is 0 Å². The summed E-state index contributed by atoms with van der Waals surface area (Å²) in [5.41, 5.74) is 6.72. The number of ether oxygens (including phenoxy) is 1. The number of aryl methyl sites for hydroxylation is 1. The fourth-order valence-electron chi connectivity index (χ4n) is 2.87. The summed E-state index contributed by atoms with van der Waals surface area (Å²) in [6.45, 7) is 1.59. The van der Waals surface area contributed by atoms with Crippen LogP contribution in [0.1, 0.15) is 18.9 Å². The monoisotopic (exact) mass is 341 g/mol. The molecule has 0 saturated carbocycles. The van der Waals surface area contributed by atoms with Crippen LogP contribution in [0.2, 0.25) is 0 Å². The summed E-state index contributed by atoms with van der Waals surface area (Å²) in [6.07, 6.45) is -0.00106. The Hall–Kier alpha value is -3.09. The molecule has 3 rings (SSSR count). The molecule has 1 aromatic heterocycles. The topological polar surface area (TPSA) is 106 Å². The number of aliphatic carboxylic acids is 1. The first kappa shape index (κ1) is 16.8. The summed E-state index contributed by atoms with van der Waals surface area (Å²) in [4.78, 5) is 29.8. The molecule has 0 aliphatic carbocycles. The number of anilines is 2. The first-order valence-electron chi connectivity index (χ1n) is 8.00. The molecule has 0 spiro atoms. The third-order valence-corrected chi connectivity index (χ3v) is 4.12. The van der Waals surface area contributed by atoms with Gasteiger partial charge >= 0.3 is 5.97 Å². The number of pyridine rings is 1. The van der Waals surface area contributed by atoms with Crippen LogP contribution >= 0.6 is 0 Å². The van der Waals surface area contributed by atoms with E-state index in [1.807, 2.05) is 30.3 Å². The minimum absolute atomic E-state index is 0.156. The van der Waals surface area contributed by atoms with Crippen LogP contribution < -0.4 is 15.4 Å². The summed E-state index contributed by atoms with van der Waals surface area (Å²) in [5, 5.41) is 9.71. The summed E-state index contributed by atoms with van der Waals surface area (Å²) < 4.78 is 5.52. The number of hydrogen-bond donors (Lipinski definition) is 2. The standard InChI is InChI=1S/C18H19N3O4/c1-11-17(22)21(16-14(25-11)9-10-15(19)20-16)13(18(23)24)8-7-12-5-3-2-4-6-12/h2-6,9-11,13H,7-8H2,1H3,(H2,19,20)(H,23,24). The van der Waals surface area contributed by atoms with E-state index in [2.05, 4.69) is 4.98 Å². The van der Waals surface area contributed by atoms with Crippen LogP contribution in [-0.4, -0.2) is 34.1 Å². The highest BCUT2D eigenvalue weighted by molar-refractivity contribution is 6.03. The number of carboxylic acid groups (broad SMARTS) is 1. The third kappa shape index (κ3) is 3.40. The normalized spacial score (nSPS) is 17.6. The van der Waals surface area contributed by atoms with E-state index in [9.17, 15) is 14.7 Å². The molecule has 0 saturated heterocycles. The summed E-state index contributed by atoms with van der Waals surface area (Å²) in [7, 11) is 0. The molecule has 2 aromatic rings. The van der Waals surface area contributed by atoms with Gasteiger partial charge in [0.1, 0.15) is 11.9 Å². The lowest BCUT2D eigenvalue weighted by Crippen LogP contribution is -2.53. The maximum atomic E-state index is 12.6. The van der Waals surface area contributed by atoms with Gasteiger partial charge in [-0.25, -0.2) is 9.78 Å². The first-order chi connectivity index (χ1) is 12.0. The molecule has 2 heterocycles. The quantitative estimate of drug-likeness (QED) is 0.860. The molecule has 7 nitrogen and oxygen atoms in total. The van der Waals surface area contributed by atoms with Crippen LogP contribution in [0.25, 0.3) is 0 Å². The molecule has 2 unspecified atom stereocenters. The van der Waals surface area contributed by atoms with Crippen molar-refractivity contribution in [3.63, 3.8) is 0 Å². The summed E-state index contributed by atoms with van der Waals surface area (Å²) in [6, 6.07) is 11.6. The van der Waals surface area contributed by atoms with Crippen molar-refractivity contribution in [3.8, 4) is 5.75 Å². The Kier molecular flexibility index (Phi) is 4.56. The van der Waals surface area contributed by atoms with Crippen LogP contribution in [0.5, 0.6) is 5.75 Å². The number of nitrogens with zero attached hydrogens (tertiary/aromatic N) is 2.